The number of allylic oxidation sites excluding steroid dienone is 4. The summed E-state index contributed by atoms with van der Waals surface area (Å²) in [4.78, 5) is 26.9. The van der Waals surface area contributed by atoms with Crippen molar-refractivity contribution < 1.29 is 188 Å². The zero-order valence-electron chi connectivity index (χ0n) is 53.8. The Labute approximate surface area is 563 Å². The molecule has 0 amide bonds. The van der Waals surface area contributed by atoms with Gasteiger partial charge in [0.2, 0.25) is 0 Å². The first-order chi connectivity index (χ1) is 46.6. The standard InChI is InChI=1S/C61H93FO37/c1-19-8-23-22-5-4-20-9-21(64)6-7-58(20,2)60(22,62)31(68)10-59(23,3)61(19,85)32(69)18-92-54-45(82)38(75)48(27(11-63)93-54)97-56-46(83)39(76)50(30(95-56)17-91-53-43(80)35(72)26(67)14-88-53)99-57-47(84)40(77)49(29(96-57)16-90-52-42(79)34(71)25(66)13-87-52)98-55-44(81)37(74)36(73)28(94-55)15-89-51-41(78)33(70)24(65)12-86-51/h6-7,9,19,22-31,33-57,63,65-68,70-85H,4-5,8,10-18H2,1-3H3/t19-,22+,23+,24-,25-,26-,27+,28?,29?,30?,31+,33?,34?,35?,36-,37?,38?,39?,40?,41+,42?,43+,44+,45?,46+,47?,48-,49-,50-,51-,52-,53-,54-,55+,56+,57+,58+,59+,60+,61+/m1/s1. The van der Waals surface area contributed by atoms with Crippen molar-refractivity contribution in [2.24, 2.45) is 28.6 Å². The van der Waals surface area contributed by atoms with Crippen LogP contribution in [0.25, 0.3) is 0 Å². The maximum absolute atomic E-state index is 17.9. The molecule has 7 heterocycles. The molecule has 566 valence electrons. The molecule has 40 atom stereocenters. The van der Waals surface area contributed by atoms with Gasteiger partial charge in [-0.15, -0.1) is 0 Å². The van der Waals surface area contributed by atoms with Gasteiger partial charge in [0.05, 0.1) is 52.4 Å². The number of carbonyl (C=O) groups excluding carboxylic acids is 2. The molecule has 37 nitrogen and oxygen atoms in total. The van der Waals surface area contributed by atoms with Crippen molar-refractivity contribution in [2.75, 3.05) is 52.9 Å². The van der Waals surface area contributed by atoms with Crippen LogP contribution in [0.1, 0.15) is 46.5 Å². The number of carbonyl (C=O) groups is 2. The number of aliphatic hydroxyl groups excluding tert-OH is 20. The van der Waals surface area contributed by atoms with Gasteiger partial charge in [0.15, 0.2) is 61.3 Å². The first-order valence-corrected chi connectivity index (χ1v) is 33.0. The van der Waals surface area contributed by atoms with E-state index in [1.165, 1.54) is 18.2 Å². The van der Waals surface area contributed by atoms with Gasteiger partial charge in [0, 0.05) is 16.7 Å². The fourth-order valence-electron chi connectivity index (χ4n) is 16.4. The molecule has 11 rings (SSSR count). The summed E-state index contributed by atoms with van der Waals surface area (Å²) in [5.41, 5.74) is -6.85. The molecule has 0 aromatic carbocycles. The van der Waals surface area contributed by atoms with Gasteiger partial charge < -0.3 is 174 Å². The van der Waals surface area contributed by atoms with E-state index < -0.39 is 301 Å². The molecule has 4 aliphatic carbocycles. The molecule has 7 aliphatic heterocycles. The monoisotopic (exact) mass is 1440 g/mol. The Hall–Kier alpha value is -2.65. The molecule has 3 saturated carbocycles. The lowest BCUT2D eigenvalue weighted by Gasteiger charge is -2.62. The average Bonchev–Trinajstić information content (AvgIpc) is 1.60. The molecule has 0 spiro atoms. The van der Waals surface area contributed by atoms with Gasteiger partial charge in [-0.1, -0.05) is 25.5 Å². The lowest BCUT2D eigenvalue weighted by Crippen LogP contribution is -2.69. The summed E-state index contributed by atoms with van der Waals surface area (Å²) in [7, 11) is 0. The predicted molar refractivity (Wildman–Crippen MR) is 310 cm³/mol. The van der Waals surface area contributed by atoms with Crippen LogP contribution in [0, 0.1) is 28.6 Å². The van der Waals surface area contributed by atoms with E-state index in [0.717, 1.165) is 0 Å². The van der Waals surface area contributed by atoms with E-state index in [2.05, 4.69) is 0 Å². The van der Waals surface area contributed by atoms with Crippen LogP contribution in [0.5, 0.6) is 0 Å². The van der Waals surface area contributed by atoms with Crippen molar-refractivity contribution in [2.45, 2.75) is 260 Å². The van der Waals surface area contributed by atoms with Crippen LogP contribution in [0.15, 0.2) is 23.8 Å². The number of Topliss-reactive ketones (excluding diaryl/α,β-unsaturated/α-hetero) is 1. The summed E-state index contributed by atoms with van der Waals surface area (Å²) in [6.07, 6.45) is -60.2. The zero-order chi connectivity index (χ0) is 72.0. The normalized spacial score (nSPS) is 54.1. The summed E-state index contributed by atoms with van der Waals surface area (Å²) in [6, 6.07) is 0. The lowest BCUT2D eigenvalue weighted by molar-refractivity contribution is -0.394. The van der Waals surface area contributed by atoms with E-state index in [1.807, 2.05) is 0 Å². The summed E-state index contributed by atoms with van der Waals surface area (Å²) < 4.78 is 98.1. The molecule has 99 heavy (non-hydrogen) atoms. The van der Waals surface area contributed by atoms with E-state index in [4.69, 9.17) is 66.3 Å². The van der Waals surface area contributed by atoms with Crippen LogP contribution in [-0.2, 0) is 75.9 Å². The molecular formula is C61H93FO37. The summed E-state index contributed by atoms with van der Waals surface area (Å²) in [6.45, 7) is -1.58. The van der Waals surface area contributed by atoms with Crippen molar-refractivity contribution in [3.05, 3.63) is 23.8 Å². The molecule has 13 unspecified atom stereocenters. The minimum absolute atomic E-state index is 0.145. The summed E-state index contributed by atoms with van der Waals surface area (Å²) in [5.74, 6) is -3.65. The highest BCUT2D eigenvalue weighted by molar-refractivity contribution is 6.01. The van der Waals surface area contributed by atoms with E-state index in [1.54, 1.807) is 20.8 Å². The number of ether oxygens (including phenoxy) is 14. The number of hydrogen-bond donors (Lipinski definition) is 21. The fourth-order valence-corrected chi connectivity index (χ4v) is 16.4. The van der Waals surface area contributed by atoms with E-state index in [9.17, 15) is 117 Å². The molecule has 0 aromatic heterocycles. The highest BCUT2D eigenvalue weighted by Crippen LogP contribution is 2.71. The number of hydrogen-bond acceptors (Lipinski definition) is 37. The Bertz CT molecular complexity index is 2830. The number of rotatable bonds is 20. The number of halogens is 1. The van der Waals surface area contributed by atoms with Crippen LogP contribution in [-0.4, -0.2) is 386 Å². The van der Waals surface area contributed by atoms with Crippen molar-refractivity contribution >= 4 is 11.6 Å². The van der Waals surface area contributed by atoms with Crippen LogP contribution < -0.4 is 0 Å². The molecule has 10 fully saturated rings. The highest BCUT2D eigenvalue weighted by Gasteiger charge is 2.76. The third-order valence-corrected chi connectivity index (χ3v) is 22.3. The first-order valence-electron chi connectivity index (χ1n) is 33.0. The average molecular weight is 1440 g/mol. The largest absolute Gasteiger partial charge is 0.394 e. The maximum atomic E-state index is 17.9. The van der Waals surface area contributed by atoms with Crippen molar-refractivity contribution in [3.63, 3.8) is 0 Å². The molecular weight excluding hydrogens is 1340 g/mol. The van der Waals surface area contributed by atoms with Gasteiger partial charge in [0.25, 0.3) is 0 Å². The number of ketones is 2. The molecule has 11 aliphatic rings. The van der Waals surface area contributed by atoms with E-state index in [-0.39, 0.29) is 25.0 Å². The second kappa shape index (κ2) is 30.3. The third-order valence-electron chi connectivity index (χ3n) is 22.3. The molecule has 0 bridgehead atoms. The molecule has 38 heteroatoms. The smallest absolute Gasteiger partial charge is 0.190 e. The fraction of sp³-hybridized carbons (Fsp3) is 0.902. The van der Waals surface area contributed by atoms with Crippen LogP contribution in [0.3, 0.4) is 0 Å². The Morgan fingerprint density at radius 3 is 1.38 bits per heavy atom. The van der Waals surface area contributed by atoms with E-state index >= 15 is 4.39 Å². The van der Waals surface area contributed by atoms with Crippen LogP contribution in [0.2, 0.25) is 0 Å². The topological polar surface area (TPSA) is 588 Å². The SMILES string of the molecule is C[C@@H]1C[C@H]2[C@@H]3CCC4=CC(=O)C=C[C@]4(C)[C@@]3(F)[C@@H](O)C[C@]2(C)[C@@]1(O)C(=O)CO[C@@H]1O[C@@H](CO)[C@@H](O[C@@H]2OC(CO[C@H]3OC[C@@H](O)C(O)[C@@H]3O)[C@@H](O[C@@H]3OC(CO[C@H]4OC[C@@H](O)C(O)C4O)[C@@H](O[C@@H]4OC(CO[C@H]5OC[C@@H](O)C(O)[C@@H]5O)[C@@H](O)C(O)[C@@H]4O)C(O)C3O)C(O)[C@@H]2O)C(O)C1O. The quantitative estimate of drug-likeness (QED) is 0.0538. The molecule has 7 saturated heterocycles. The predicted octanol–water partition coefficient (Wildman–Crippen LogP) is -11.4. The second-order valence-corrected chi connectivity index (χ2v) is 28.2. The van der Waals surface area contributed by atoms with E-state index in [0.29, 0.717) is 12.0 Å². The first kappa shape index (κ1) is 77.4. The van der Waals surface area contributed by atoms with Crippen molar-refractivity contribution in [1.82, 2.24) is 0 Å². The van der Waals surface area contributed by atoms with Crippen LogP contribution in [0.4, 0.5) is 4.39 Å². The highest BCUT2D eigenvalue weighted by atomic mass is 19.1. The Morgan fingerprint density at radius 2 is 0.919 bits per heavy atom. The van der Waals surface area contributed by atoms with Gasteiger partial charge in [-0.2, -0.15) is 0 Å². The molecule has 0 aromatic rings. The third kappa shape index (κ3) is 13.9. The second-order valence-electron chi connectivity index (χ2n) is 28.2. The zero-order valence-corrected chi connectivity index (χ0v) is 53.8. The van der Waals surface area contributed by atoms with Gasteiger partial charge in [-0.3, -0.25) is 9.59 Å². The Kier molecular flexibility index (Phi) is 23.7. The molecule has 0 radical (unpaired) electrons. The molecule has 21 N–H and O–H groups in total. The Morgan fingerprint density at radius 1 is 0.515 bits per heavy atom. The summed E-state index contributed by atoms with van der Waals surface area (Å²) >= 11 is 0. The minimum atomic E-state index is -2.37. The van der Waals surface area contributed by atoms with Crippen LogP contribution >= 0.6 is 0 Å². The maximum Gasteiger partial charge on any atom is 0.190 e. The lowest BCUT2D eigenvalue weighted by atomic mass is 9.44. The number of alkyl halides is 1. The van der Waals surface area contributed by atoms with Gasteiger partial charge in [-0.05, 0) is 56.6 Å². The number of aliphatic hydroxyl groups is 21. The summed E-state index contributed by atoms with van der Waals surface area (Å²) in [5, 5.41) is 232. The Balaban J connectivity index is 0.787. The van der Waals surface area contributed by atoms with Crippen molar-refractivity contribution in [3.8, 4) is 0 Å². The van der Waals surface area contributed by atoms with Gasteiger partial charge in [-0.25, -0.2) is 4.39 Å². The minimum Gasteiger partial charge on any atom is -0.394 e. The van der Waals surface area contributed by atoms with Crippen molar-refractivity contribution in [1.29, 1.82) is 0 Å². The van der Waals surface area contributed by atoms with Gasteiger partial charge in [0.1, 0.15) is 165 Å². The number of fused-ring (bicyclic) bond motifs is 5. The van der Waals surface area contributed by atoms with Gasteiger partial charge >= 0.3 is 0 Å².